The van der Waals surface area contributed by atoms with Crippen LogP contribution in [0.4, 0.5) is 15.8 Å². The van der Waals surface area contributed by atoms with E-state index in [0.717, 1.165) is 17.2 Å². The predicted molar refractivity (Wildman–Crippen MR) is 74.2 cm³/mol. The van der Waals surface area contributed by atoms with Crippen LogP contribution in [-0.2, 0) is 6.54 Å². The van der Waals surface area contributed by atoms with Crippen LogP contribution in [0.5, 0.6) is 0 Å². The van der Waals surface area contributed by atoms with Crippen molar-refractivity contribution < 1.29 is 14.3 Å². The van der Waals surface area contributed by atoms with E-state index in [1.54, 1.807) is 11.3 Å². The van der Waals surface area contributed by atoms with Crippen LogP contribution in [0.2, 0.25) is 0 Å². The number of thiophene rings is 1. The van der Waals surface area contributed by atoms with Crippen LogP contribution in [0.15, 0.2) is 22.9 Å². The number of hydrogen-bond acceptors (Lipinski definition) is 4. The number of carboxylic acids is 1. The van der Waals surface area contributed by atoms with E-state index in [1.165, 1.54) is 6.07 Å². The number of anilines is 2. The number of benzene rings is 1. The van der Waals surface area contributed by atoms with Crippen molar-refractivity contribution in [1.29, 1.82) is 0 Å². The number of aryl methyl sites for hydroxylation is 1. The maximum absolute atomic E-state index is 13.3. The molecule has 4 nitrogen and oxygen atoms in total. The molecule has 1 aromatic carbocycles. The highest BCUT2D eigenvalue weighted by atomic mass is 32.1. The van der Waals surface area contributed by atoms with E-state index in [9.17, 15) is 9.18 Å². The molecule has 1 aromatic heterocycles. The normalized spacial score (nSPS) is 10.4. The van der Waals surface area contributed by atoms with Crippen molar-refractivity contribution in [1.82, 2.24) is 0 Å². The lowest BCUT2D eigenvalue weighted by Crippen LogP contribution is -2.10. The van der Waals surface area contributed by atoms with E-state index in [0.29, 0.717) is 12.2 Å². The van der Waals surface area contributed by atoms with Crippen LogP contribution in [0.1, 0.15) is 21.5 Å². The van der Waals surface area contributed by atoms with Gasteiger partial charge in [-0.05, 0) is 40.9 Å². The first-order chi connectivity index (χ1) is 9.00. The molecule has 19 heavy (non-hydrogen) atoms. The highest BCUT2D eigenvalue weighted by molar-refractivity contribution is 7.08. The number of aromatic carboxylic acids is 1. The van der Waals surface area contributed by atoms with Gasteiger partial charge in [-0.25, -0.2) is 9.18 Å². The summed E-state index contributed by atoms with van der Waals surface area (Å²) in [7, 11) is 0. The second kappa shape index (κ2) is 5.27. The van der Waals surface area contributed by atoms with Gasteiger partial charge in [-0.3, -0.25) is 0 Å². The number of nitrogens with two attached hydrogens (primary N) is 1. The first kappa shape index (κ1) is 13.4. The molecule has 0 fully saturated rings. The molecule has 0 unspecified atom stereocenters. The Kier molecular flexibility index (Phi) is 3.71. The molecule has 0 saturated carbocycles. The van der Waals surface area contributed by atoms with Gasteiger partial charge in [0.25, 0.3) is 0 Å². The molecule has 0 aliphatic carbocycles. The van der Waals surface area contributed by atoms with Crippen LogP contribution < -0.4 is 11.1 Å². The minimum absolute atomic E-state index is 0.229. The van der Waals surface area contributed by atoms with E-state index in [1.807, 2.05) is 17.7 Å². The van der Waals surface area contributed by atoms with Crippen molar-refractivity contribution >= 4 is 28.7 Å². The van der Waals surface area contributed by atoms with E-state index in [4.69, 9.17) is 10.8 Å². The minimum Gasteiger partial charge on any atom is -0.478 e. The number of carboxylic acid groups (broad SMARTS) is 1. The van der Waals surface area contributed by atoms with Gasteiger partial charge in [-0.1, -0.05) is 0 Å². The third-order valence-electron chi connectivity index (χ3n) is 2.84. The van der Waals surface area contributed by atoms with Crippen molar-refractivity contribution in [3.05, 3.63) is 45.4 Å². The van der Waals surface area contributed by atoms with Crippen molar-refractivity contribution in [2.45, 2.75) is 13.5 Å². The Morgan fingerprint density at radius 2 is 2.21 bits per heavy atom. The Morgan fingerprint density at radius 3 is 2.79 bits per heavy atom. The fourth-order valence-electron chi connectivity index (χ4n) is 1.73. The van der Waals surface area contributed by atoms with E-state index >= 15 is 0 Å². The SMILES string of the molecule is Cc1cscc1CNc1ccc(F)c(N)c1C(=O)O. The molecular weight excluding hydrogens is 267 g/mol. The highest BCUT2D eigenvalue weighted by Crippen LogP contribution is 2.26. The van der Waals surface area contributed by atoms with Gasteiger partial charge in [0, 0.05) is 6.54 Å². The number of halogens is 1. The van der Waals surface area contributed by atoms with E-state index < -0.39 is 11.8 Å². The van der Waals surface area contributed by atoms with Gasteiger partial charge in [0.1, 0.15) is 11.4 Å². The molecule has 0 aliphatic heterocycles. The van der Waals surface area contributed by atoms with E-state index in [2.05, 4.69) is 5.32 Å². The zero-order chi connectivity index (χ0) is 14.0. The number of rotatable bonds is 4. The van der Waals surface area contributed by atoms with Crippen LogP contribution in [0.3, 0.4) is 0 Å². The predicted octanol–water partition coefficient (Wildman–Crippen LogP) is 3.09. The van der Waals surface area contributed by atoms with Gasteiger partial charge in [-0.15, -0.1) is 0 Å². The molecule has 0 bridgehead atoms. The second-order valence-corrected chi connectivity index (χ2v) is 4.87. The topological polar surface area (TPSA) is 75.3 Å². The lowest BCUT2D eigenvalue weighted by molar-refractivity contribution is 0.0698. The van der Waals surface area contributed by atoms with Crippen molar-refractivity contribution in [3.8, 4) is 0 Å². The summed E-state index contributed by atoms with van der Waals surface area (Å²) in [5.74, 6) is -1.98. The lowest BCUT2D eigenvalue weighted by Gasteiger charge is -2.12. The molecule has 0 aliphatic rings. The van der Waals surface area contributed by atoms with Gasteiger partial charge in [-0.2, -0.15) is 11.3 Å². The van der Waals surface area contributed by atoms with Gasteiger partial charge in [0.15, 0.2) is 0 Å². The Bertz CT molecular complexity index is 625. The maximum atomic E-state index is 13.3. The number of nitrogens with one attached hydrogen (secondary N) is 1. The Labute approximate surface area is 113 Å². The first-order valence-electron chi connectivity index (χ1n) is 5.57. The largest absolute Gasteiger partial charge is 0.478 e. The Morgan fingerprint density at radius 1 is 1.47 bits per heavy atom. The fourth-order valence-corrected chi connectivity index (χ4v) is 2.59. The van der Waals surface area contributed by atoms with Gasteiger partial charge >= 0.3 is 5.97 Å². The summed E-state index contributed by atoms with van der Waals surface area (Å²) in [6, 6.07) is 2.54. The quantitative estimate of drug-likeness (QED) is 0.752. The Balaban J connectivity index is 2.28. The second-order valence-electron chi connectivity index (χ2n) is 4.12. The van der Waals surface area contributed by atoms with Crippen LogP contribution in [0, 0.1) is 12.7 Å². The van der Waals surface area contributed by atoms with Crippen LogP contribution in [0.25, 0.3) is 0 Å². The van der Waals surface area contributed by atoms with E-state index in [-0.39, 0.29) is 11.3 Å². The molecule has 100 valence electrons. The minimum atomic E-state index is -1.25. The average Bonchev–Trinajstić information content (AvgIpc) is 2.76. The number of carbonyl (C=O) groups is 1. The molecule has 0 atom stereocenters. The summed E-state index contributed by atoms with van der Waals surface area (Å²) >= 11 is 1.58. The van der Waals surface area contributed by atoms with Gasteiger partial charge in [0.05, 0.1) is 11.4 Å². The van der Waals surface area contributed by atoms with Crippen molar-refractivity contribution in [2.24, 2.45) is 0 Å². The Hall–Kier alpha value is -2.08. The molecule has 0 spiro atoms. The molecule has 0 saturated heterocycles. The maximum Gasteiger partial charge on any atom is 0.340 e. The van der Waals surface area contributed by atoms with Crippen molar-refractivity contribution in [3.63, 3.8) is 0 Å². The summed E-state index contributed by atoms with van der Waals surface area (Å²) in [6.45, 7) is 2.45. The first-order valence-corrected chi connectivity index (χ1v) is 6.51. The monoisotopic (exact) mass is 280 g/mol. The van der Waals surface area contributed by atoms with Gasteiger partial charge in [0.2, 0.25) is 0 Å². The van der Waals surface area contributed by atoms with Crippen LogP contribution >= 0.6 is 11.3 Å². The number of hydrogen-bond donors (Lipinski definition) is 3. The molecule has 4 N–H and O–H groups in total. The lowest BCUT2D eigenvalue weighted by atomic mass is 10.1. The smallest absolute Gasteiger partial charge is 0.340 e. The summed E-state index contributed by atoms with van der Waals surface area (Å²) in [6.07, 6.45) is 0. The fraction of sp³-hybridized carbons (Fsp3) is 0.154. The van der Waals surface area contributed by atoms with Crippen molar-refractivity contribution in [2.75, 3.05) is 11.1 Å². The molecule has 6 heteroatoms. The van der Waals surface area contributed by atoms with Crippen LogP contribution in [-0.4, -0.2) is 11.1 Å². The molecule has 2 rings (SSSR count). The van der Waals surface area contributed by atoms with Gasteiger partial charge < -0.3 is 16.2 Å². The highest BCUT2D eigenvalue weighted by Gasteiger charge is 2.17. The average molecular weight is 280 g/mol. The zero-order valence-corrected chi connectivity index (χ0v) is 11.1. The summed E-state index contributed by atoms with van der Waals surface area (Å²) in [5.41, 5.74) is 7.41. The number of nitrogen functional groups attached to an aromatic ring is 1. The zero-order valence-electron chi connectivity index (χ0n) is 10.2. The molecular formula is C13H13FN2O2S. The molecule has 0 amide bonds. The summed E-state index contributed by atoms with van der Waals surface area (Å²) < 4.78 is 13.3. The molecule has 1 heterocycles. The molecule has 0 radical (unpaired) electrons. The summed E-state index contributed by atoms with van der Waals surface area (Å²) in [5, 5.41) is 16.1. The third kappa shape index (κ3) is 2.68. The summed E-state index contributed by atoms with van der Waals surface area (Å²) in [4.78, 5) is 11.1. The standard InChI is InChI=1S/C13H13FN2O2S/c1-7-5-19-6-8(7)4-16-10-3-2-9(14)12(15)11(10)13(17)18/h2-3,5-6,16H,4,15H2,1H3,(H,17,18). The third-order valence-corrected chi connectivity index (χ3v) is 3.75. The molecule has 2 aromatic rings.